The summed E-state index contributed by atoms with van der Waals surface area (Å²) in [5.41, 5.74) is 15.1. The molecule has 9 rings (SSSR count). The lowest BCUT2D eigenvalue weighted by atomic mass is 9.82. The lowest BCUT2D eigenvalue weighted by Gasteiger charge is -2.20. The van der Waals surface area contributed by atoms with Gasteiger partial charge in [0.25, 0.3) is 0 Å². The topological polar surface area (TPSA) is 12.9 Å². The van der Waals surface area contributed by atoms with Crippen molar-refractivity contribution in [2.75, 3.05) is 0 Å². The summed E-state index contributed by atoms with van der Waals surface area (Å²) in [5, 5.41) is 6.37. The Bertz CT molecular complexity index is 2290. The van der Waals surface area contributed by atoms with E-state index in [1.54, 1.807) is 0 Å². The van der Waals surface area contributed by atoms with Crippen molar-refractivity contribution >= 4 is 32.4 Å². The Balaban J connectivity index is 1.46. The zero-order valence-corrected chi connectivity index (χ0v) is 23.8. The molecule has 1 aromatic heterocycles. The van der Waals surface area contributed by atoms with E-state index in [0.717, 1.165) is 5.52 Å². The smallest absolute Gasteiger partial charge is 0.0737 e. The van der Waals surface area contributed by atoms with Crippen LogP contribution in [0.4, 0.5) is 0 Å². The van der Waals surface area contributed by atoms with Gasteiger partial charge in [0.2, 0.25) is 0 Å². The average molecular weight is 546 g/mol. The van der Waals surface area contributed by atoms with Gasteiger partial charge in [0, 0.05) is 11.6 Å². The lowest BCUT2D eigenvalue weighted by molar-refractivity contribution is 1.37. The molecule has 1 aliphatic carbocycles. The molecule has 43 heavy (non-hydrogen) atoms. The van der Waals surface area contributed by atoms with Gasteiger partial charge in [-0.05, 0) is 95.7 Å². The van der Waals surface area contributed by atoms with E-state index >= 15 is 0 Å². The third-order valence-electron chi connectivity index (χ3n) is 9.18. The highest BCUT2D eigenvalue weighted by Gasteiger charge is 2.31. The fraction of sp³-hybridized carbons (Fsp3) is 0.0238. The predicted octanol–water partition coefficient (Wildman–Crippen LogP) is 11.5. The predicted molar refractivity (Wildman–Crippen MR) is 182 cm³/mol. The lowest BCUT2D eigenvalue weighted by Crippen LogP contribution is -1.93. The number of pyridine rings is 1. The maximum atomic E-state index is 4.75. The van der Waals surface area contributed by atoms with Crippen LogP contribution in [-0.4, -0.2) is 4.98 Å². The summed E-state index contributed by atoms with van der Waals surface area (Å²) in [4.78, 5) is 4.75. The fourth-order valence-corrected chi connectivity index (χ4v) is 7.40. The summed E-state index contributed by atoms with van der Waals surface area (Å²) in [6, 6.07) is 51.0. The number of aromatic nitrogens is 1. The van der Waals surface area contributed by atoms with Crippen LogP contribution in [0.1, 0.15) is 5.56 Å². The highest BCUT2D eigenvalue weighted by atomic mass is 14.7. The van der Waals surface area contributed by atoms with Crippen molar-refractivity contribution in [3.8, 4) is 55.6 Å². The highest BCUT2D eigenvalue weighted by Crippen LogP contribution is 2.58. The van der Waals surface area contributed by atoms with Gasteiger partial charge < -0.3 is 0 Å². The second-order valence-electron chi connectivity index (χ2n) is 11.5. The van der Waals surface area contributed by atoms with Crippen molar-refractivity contribution in [2.45, 2.75) is 6.92 Å². The molecule has 0 atom stereocenters. The Morgan fingerprint density at radius 2 is 0.884 bits per heavy atom. The molecule has 0 radical (unpaired) electrons. The number of hydrogen-bond acceptors (Lipinski definition) is 1. The van der Waals surface area contributed by atoms with Gasteiger partial charge in [0.05, 0.1) is 5.52 Å². The molecule has 1 heterocycles. The van der Waals surface area contributed by atoms with Gasteiger partial charge >= 0.3 is 0 Å². The summed E-state index contributed by atoms with van der Waals surface area (Å²) >= 11 is 0. The van der Waals surface area contributed by atoms with Crippen LogP contribution in [0.2, 0.25) is 0 Å². The molecule has 7 aromatic carbocycles. The molecule has 0 aliphatic heterocycles. The van der Waals surface area contributed by atoms with Crippen LogP contribution in [0.25, 0.3) is 88.1 Å². The number of hydrogen-bond donors (Lipinski definition) is 0. The summed E-state index contributed by atoms with van der Waals surface area (Å²) in [7, 11) is 0. The number of para-hydroxylation sites is 1. The molecule has 0 unspecified atom stereocenters. The highest BCUT2D eigenvalue weighted by molar-refractivity contribution is 6.29. The zero-order valence-electron chi connectivity index (χ0n) is 23.8. The standard InChI is InChI=1S/C42H27N/c1-26-12-10-20-34-30(24-25-43-42(26)34)29-22-23-36-39-31(29)19-11-21-35(39)40-37(27-13-4-2-5-14-27)32-17-8-9-18-33(32)38(41(36)40)28-15-6-3-7-16-28/h2-25H,1H3. The largest absolute Gasteiger partial charge is 0.256 e. The third kappa shape index (κ3) is 3.43. The Morgan fingerprint density at radius 3 is 1.56 bits per heavy atom. The van der Waals surface area contributed by atoms with E-state index in [2.05, 4.69) is 146 Å². The van der Waals surface area contributed by atoms with Crippen molar-refractivity contribution in [1.82, 2.24) is 4.98 Å². The van der Waals surface area contributed by atoms with Crippen molar-refractivity contribution in [1.29, 1.82) is 0 Å². The zero-order chi connectivity index (χ0) is 28.5. The van der Waals surface area contributed by atoms with Gasteiger partial charge in [0.1, 0.15) is 0 Å². The monoisotopic (exact) mass is 545 g/mol. The first kappa shape index (κ1) is 24.1. The van der Waals surface area contributed by atoms with Crippen LogP contribution in [0.3, 0.4) is 0 Å². The Morgan fingerprint density at radius 1 is 0.372 bits per heavy atom. The van der Waals surface area contributed by atoms with E-state index in [4.69, 9.17) is 4.98 Å². The second-order valence-corrected chi connectivity index (χ2v) is 11.5. The number of aryl methyl sites for hydroxylation is 1. The number of nitrogens with zero attached hydrogens (tertiary/aromatic N) is 1. The first-order valence-electron chi connectivity index (χ1n) is 14.9. The first-order chi connectivity index (χ1) is 21.3. The van der Waals surface area contributed by atoms with E-state index in [0.29, 0.717) is 0 Å². The van der Waals surface area contributed by atoms with Gasteiger partial charge in [0.15, 0.2) is 0 Å². The quantitative estimate of drug-likeness (QED) is 0.215. The van der Waals surface area contributed by atoms with E-state index in [9.17, 15) is 0 Å². The molecule has 0 spiro atoms. The maximum Gasteiger partial charge on any atom is 0.0737 e. The number of fused-ring (bicyclic) bond motifs is 5. The first-order valence-corrected chi connectivity index (χ1v) is 14.9. The molecular weight excluding hydrogens is 518 g/mol. The van der Waals surface area contributed by atoms with Crippen LogP contribution in [0.15, 0.2) is 146 Å². The van der Waals surface area contributed by atoms with Crippen LogP contribution in [-0.2, 0) is 0 Å². The molecule has 8 aromatic rings. The van der Waals surface area contributed by atoms with Crippen LogP contribution < -0.4 is 0 Å². The molecule has 0 saturated carbocycles. The van der Waals surface area contributed by atoms with Gasteiger partial charge in [-0.1, -0.05) is 133 Å². The molecule has 0 N–H and O–H groups in total. The summed E-state index contributed by atoms with van der Waals surface area (Å²) in [5.74, 6) is 0. The molecule has 1 nitrogen and oxygen atoms in total. The van der Waals surface area contributed by atoms with Crippen molar-refractivity contribution in [3.05, 3.63) is 151 Å². The molecule has 0 fully saturated rings. The van der Waals surface area contributed by atoms with E-state index in [1.165, 1.54) is 88.1 Å². The van der Waals surface area contributed by atoms with Crippen LogP contribution >= 0.6 is 0 Å². The summed E-state index contributed by atoms with van der Waals surface area (Å²) < 4.78 is 0. The summed E-state index contributed by atoms with van der Waals surface area (Å²) in [6.07, 6.45) is 1.95. The maximum absolute atomic E-state index is 4.75. The Labute approximate surface area is 250 Å². The van der Waals surface area contributed by atoms with Gasteiger partial charge in [-0.2, -0.15) is 0 Å². The molecule has 1 aliphatic rings. The number of rotatable bonds is 3. The molecule has 0 saturated heterocycles. The summed E-state index contributed by atoms with van der Waals surface area (Å²) in [6.45, 7) is 2.14. The average Bonchev–Trinajstić information content (AvgIpc) is 3.39. The second kappa shape index (κ2) is 9.24. The van der Waals surface area contributed by atoms with Gasteiger partial charge in [-0.3, -0.25) is 4.98 Å². The normalized spacial score (nSPS) is 11.8. The van der Waals surface area contributed by atoms with Gasteiger partial charge in [-0.25, -0.2) is 0 Å². The third-order valence-corrected chi connectivity index (χ3v) is 9.18. The SMILES string of the molecule is Cc1cccc2c(-c3ccc4c5c(cccc35)-c3c-4c(-c4ccccc4)c4ccccc4c3-c3ccccc3)ccnc12. The van der Waals surface area contributed by atoms with Crippen molar-refractivity contribution in [2.24, 2.45) is 0 Å². The Hall–Kier alpha value is -5.53. The van der Waals surface area contributed by atoms with Crippen LogP contribution in [0, 0.1) is 6.92 Å². The minimum atomic E-state index is 1.07. The van der Waals surface area contributed by atoms with Crippen molar-refractivity contribution < 1.29 is 0 Å². The molecular formula is C42H27N. The van der Waals surface area contributed by atoms with E-state index < -0.39 is 0 Å². The number of benzene rings is 7. The Kier molecular flexibility index (Phi) is 5.18. The molecule has 0 amide bonds. The minimum Gasteiger partial charge on any atom is -0.256 e. The fourth-order valence-electron chi connectivity index (χ4n) is 7.40. The van der Waals surface area contributed by atoms with Gasteiger partial charge in [-0.15, -0.1) is 0 Å². The molecule has 0 bridgehead atoms. The molecule has 1 heteroatoms. The molecule has 200 valence electrons. The minimum absolute atomic E-state index is 1.07. The van der Waals surface area contributed by atoms with Crippen molar-refractivity contribution in [3.63, 3.8) is 0 Å². The van der Waals surface area contributed by atoms with Crippen LogP contribution in [0.5, 0.6) is 0 Å². The van der Waals surface area contributed by atoms with E-state index in [-0.39, 0.29) is 0 Å². The van der Waals surface area contributed by atoms with E-state index in [1.807, 2.05) is 6.20 Å².